The van der Waals surface area contributed by atoms with Crippen molar-refractivity contribution in [1.29, 1.82) is 0 Å². The van der Waals surface area contributed by atoms with E-state index in [2.05, 4.69) is 10.1 Å². The first-order chi connectivity index (χ1) is 9.65. The normalized spacial score (nSPS) is 21.2. The maximum atomic E-state index is 12.3. The summed E-state index contributed by atoms with van der Waals surface area (Å²) in [6.07, 6.45) is 5.83. The number of carbonyl (C=O) groups is 1. The van der Waals surface area contributed by atoms with Gasteiger partial charge in [-0.2, -0.15) is 4.98 Å². The lowest BCUT2D eigenvalue weighted by Gasteiger charge is -2.39. The average Bonchev–Trinajstić information content (AvgIpc) is 2.87. The fourth-order valence-corrected chi connectivity index (χ4v) is 3.07. The standard InChI is InChI=1S/C15H23N3O2/c1-10(2)13-16-14(20-17-13)12-8-18(9-12)15(19)11-6-4-3-5-7-11/h10-12H,3-9H2,1-2H3. The molecule has 1 aromatic heterocycles. The van der Waals surface area contributed by atoms with Crippen LogP contribution in [0.5, 0.6) is 0 Å². The van der Waals surface area contributed by atoms with E-state index < -0.39 is 0 Å². The zero-order valence-corrected chi connectivity index (χ0v) is 12.3. The van der Waals surface area contributed by atoms with Crippen LogP contribution < -0.4 is 0 Å². The van der Waals surface area contributed by atoms with Gasteiger partial charge in [0, 0.05) is 24.9 Å². The maximum absolute atomic E-state index is 12.3. The summed E-state index contributed by atoms with van der Waals surface area (Å²) in [7, 11) is 0. The second-order valence-electron chi connectivity index (χ2n) is 6.42. The van der Waals surface area contributed by atoms with E-state index in [0.717, 1.165) is 31.8 Å². The summed E-state index contributed by atoms with van der Waals surface area (Å²) in [5.41, 5.74) is 0. The molecule has 0 radical (unpaired) electrons. The number of rotatable bonds is 3. The van der Waals surface area contributed by atoms with Crippen LogP contribution in [0.2, 0.25) is 0 Å². The van der Waals surface area contributed by atoms with Crippen molar-refractivity contribution in [2.45, 2.75) is 57.8 Å². The van der Waals surface area contributed by atoms with Crippen LogP contribution in [-0.2, 0) is 4.79 Å². The van der Waals surface area contributed by atoms with Crippen molar-refractivity contribution in [1.82, 2.24) is 15.0 Å². The molecule has 5 nitrogen and oxygen atoms in total. The van der Waals surface area contributed by atoms with Crippen LogP contribution in [0.25, 0.3) is 0 Å². The lowest BCUT2D eigenvalue weighted by molar-refractivity contribution is -0.141. The molecule has 0 unspecified atom stereocenters. The molecule has 0 spiro atoms. The second-order valence-corrected chi connectivity index (χ2v) is 6.42. The van der Waals surface area contributed by atoms with Crippen LogP contribution in [0.15, 0.2) is 4.52 Å². The molecule has 3 rings (SSSR count). The van der Waals surface area contributed by atoms with E-state index in [4.69, 9.17) is 4.52 Å². The van der Waals surface area contributed by atoms with Gasteiger partial charge in [-0.25, -0.2) is 0 Å². The molecular formula is C15H23N3O2. The summed E-state index contributed by atoms with van der Waals surface area (Å²) in [5, 5.41) is 3.99. The fraction of sp³-hybridized carbons (Fsp3) is 0.800. The summed E-state index contributed by atoms with van der Waals surface area (Å²) in [6, 6.07) is 0. The molecule has 0 atom stereocenters. The van der Waals surface area contributed by atoms with Gasteiger partial charge in [-0.15, -0.1) is 0 Å². The van der Waals surface area contributed by atoms with Crippen LogP contribution >= 0.6 is 0 Å². The van der Waals surface area contributed by atoms with Gasteiger partial charge < -0.3 is 9.42 Å². The lowest BCUT2D eigenvalue weighted by Crippen LogP contribution is -2.51. The first-order valence-corrected chi connectivity index (χ1v) is 7.77. The Bertz CT molecular complexity index is 471. The van der Waals surface area contributed by atoms with Crippen LogP contribution in [0.3, 0.4) is 0 Å². The number of nitrogens with zero attached hydrogens (tertiary/aromatic N) is 3. The summed E-state index contributed by atoms with van der Waals surface area (Å²) in [5.74, 6) is 2.58. The third-order valence-corrected chi connectivity index (χ3v) is 4.47. The predicted octanol–water partition coefficient (Wildman–Crippen LogP) is 2.70. The molecule has 0 N–H and O–H groups in total. The SMILES string of the molecule is CC(C)c1noc(C2CN(C(=O)C3CCCCC3)C2)n1. The number of amides is 1. The van der Waals surface area contributed by atoms with Crippen molar-refractivity contribution in [3.63, 3.8) is 0 Å². The van der Waals surface area contributed by atoms with E-state index >= 15 is 0 Å². The van der Waals surface area contributed by atoms with E-state index in [1.54, 1.807) is 0 Å². The van der Waals surface area contributed by atoms with Crippen molar-refractivity contribution in [3.8, 4) is 0 Å². The van der Waals surface area contributed by atoms with Gasteiger partial charge in [-0.3, -0.25) is 4.79 Å². The molecule has 20 heavy (non-hydrogen) atoms. The number of hydrogen-bond donors (Lipinski definition) is 0. The Hall–Kier alpha value is -1.39. The highest BCUT2D eigenvalue weighted by Gasteiger charge is 2.38. The zero-order chi connectivity index (χ0) is 14.1. The third kappa shape index (κ3) is 2.58. The van der Waals surface area contributed by atoms with Gasteiger partial charge in [-0.05, 0) is 12.8 Å². The molecule has 110 valence electrons. The molecule has 1 amide bonds. The molecular weight excluding hydrogens is 254 g/mol. The molecule has 5 heteroatoms. The van der Waals surface area contributed by atoms with Gasteiger partial charge in [0.1, 0.15) is 0 Å². The summed E-state index contributed by atoms with van der Waals surface area (Å²) in [6.45, 7) is 5.59. The summed E-state index contributed by atoms with van der Waals surface area (Å²) >= 11 is 0. The second kappa shape index (κ2) is 5.54. The predicted molar refractivity (Wildman–Crippen MR) is 74.3 cm³/mol. The first kappa shape index (κ1) is 13.6. The largest absolute Gasteiger partial charge is 0.341 e. The van der Waals surface area contributed by atoms with E-state index in [1.807, 2.05) is 18.7 Å². The fourth-order valence-electron chi connectivity index (χ4n) is 3.07. The van der Waals surface area contributed by atoms with Crippen LogP contribution in [0.4, 0.5) is 0 Å². The topological polar surface area (TPSA) is 59.2 Å². The highest BCUT2D eigenvalue weighted by molar-refractivity contribution is 5.79. The van der Waals surface area contributed by atoms with E-state index in [9.17, 15) is 4.79 Å². The third-order valence-electron chi connectivity index (χ3n) is 4.47. The number of aromatic nitrogens is 2. The van der Waals surface area contributed by atoms with Crippen molar-refractivity contribution in [3.05, 3.63) is 11.7 Å². The Morgan fingerprint density at radius 2 is 1.95 bits per heavy atom. The van der Waals surface area contributed by atoms with Gasteiger partial charge in [0.25, 0.3) is 0 Å². The minimum Gasteiger partial charge on any atom is -0.341 e. The summed E-state index contributed by atoms with van der Waals surface area (Å²) < 4.78 is 5.30. The minimum absolute atomic E-state index is 0.238. The molecule has 2 heterocycles. The van der Waals surface area contributed by atoms with Crippen LogP contribution in [0, 0.1) is 5.92 Å². The molecule has 2 aliphatic rings. The molecule has 1 saturated heterocycles. The molecule has 1 aliphatic carbocycles. The van der Waals surface area contributed by atoms with Gasteiger partial charge >= 0.3 is 0 Å². The van der Waals surface area contributed by atoms with Gasteiger partial charge in [0.15, 0.2) is 5.82 Å². The highest BCUT2D eigenvalue weighted by atomic mass is 16.5. The molecule has 0 aromatic carbocycles. The van der Waals surface area contributed by atoms with Crippen molar-refractivity contribution in [2.24, 2.45) is 5.92 Å². The minimum atomic E-state index is 0.238. The monoisotopic (exact) mass is 277 g/mol. The molecule has 2 fully saturated rings. The number of likely N-dealkylation sites (tertiary alicyclic amines) is 1. The molecule has 1 aromatic rings. The van der Waals surface area contributed by atoms with Gasteiger partial charge in [0.2, 0.25) is 11.8 Å². The van der Waals surface area contributed by atoms with E-state index in [-0.39, 0.29) is 17.8 Å². The molecule has 0 bridgehead atoms. The van der Waals surface area contributed by atoms with E-state index in [0.29, 0.717) is 11.8 Å². The number of hydrogen-bond acceptors (Lipinski definition) is 4. The summed E-state index contributed by atoms with van der Waals surface area (Å²) in [4.78, 5) is 18.7. The Morgan fingerprint density at radius 1 is 1.25 bits per heavy atom. The van der Waals surface area contributed by atoms with Crippen LogP contribution in [0.1, 0.15) is 69.5 Å². The molecule has 1 aliphatic heterocycles. The van der Waals surface area contributed by atoms with E-state index in [1.165, 1.54) is 19.3 Å². The number of carbonyl (C=O) groups excluding carboxylic acids is 1. The Kier molecular flexibility index (Phi) is 3.76. The van der Waals surface area contributed by atoms with Crippen molar-refractivity contribution < 1.29 is 9.32 Å². The first-order valence-electron chi connectivity index (χ1n) is 7.77. The molecule has 1 saturated carbocycles. The Morgan fingerprint density at radius 3 is 2.55 bits per heavy atom. The Balaban J connectivity index is 1.53. The van der Waals surface area contributed by atoms with Crippen LogP contribution in [-0.4, -0.2) is 34.0 Å². The quantitative estimate of drug-likeness (QED) is 0.852. The Labute approximate surface area is 119 Å². The van der Waals surface area contributed by atoms with Gasteiger partial charge in [-0.1, -0.05) is 38.3 Å². The van der Waals surface area contributed by atoms with Crippen molar-refractivity contribution >= 4 is 5.91 Å². The van der Waals surface area contributed by atoms with Gasteiger partial charge in [0.05, 0.1) is 5.92 Å². The maximum Gasteiger partial charge on any atom is 0.233 e. The lowest BCUT2D eigenvalue weighted by atomic mass is 9.86. The smallest absolute Gasteiger partial charge is 0.233 e. The van der Waals surface area contributed by atoms with Crippen molar-refractivity contribution in [2.75, 3.05) is 13.1 Å². The average molecular weight is 277 g/mol. The highest BCUT2D eigenvalue weighted by Crippen LogP contribution is 2.31. The zero-order valence-electron chi connectivity index (χ0n) is 12.3.